The molecule has 0 spiro atoms. The molecule has 1 rings (SSSR count). The molecule has 7 atom stereocenters. The Hall–Kier alpha value is -1.17. The van der Waals surface area contributed by atoms with E-state index in [0.717, 1.165) is 18.4 Å². The van der Waals surface area contributed by atoms with Gasteiger partial charge in [0, 0.05) is 18.8 Å². The zero-order valence-corrected chi connectivity index (χ0v) is 18.9. The summed E-state index contributed by atoms with van der Waals surface area (Å²) in [5.74, 6) is 0.116. The van der Waals surface area contributed by atoms with Crippen LogP contribution in [-0.2, 0) is 9.53 Å². The number of hydrogen-bond donors (Lipinski definition) is 3. The van der Waals surface area contributed by atoms with Gasteiger partial charge in [0.25, 0.3) is 0 Å². The lowest BCUT2D eigenvalue weighted by Gasteiger charge is -2.25. The molecule has 0 saturated heterocycles. The molecule has 0 fully saturated rings. The first kappa shape index (κ1) is 25.9. The number of cyclic esters (lactones) is 1. The molecule has 29 heavy (non-hydrogen) atoms. The van der Waals surface area contributed by atoms with Crippen LogP contribution in [0.4, 0.5) is 0 Å². The van der Waals surface area contributed by atoms with E-state index in [1.165, 1.54) is 0 Å². The van der Waals surface area contributed by atoms with Crippen LogP contribution in [0.3, 0.4) is 0 Å². The lowest BCUT2D eigenvalue weighted by atomic mass is 9.90. The van der Waals surface area contributed by atoms with Gasteiger partial charge in [0.2, 0.25) is 0 Å². The molecule has 1 aliphatic rings. The van der Waals surface area contributed by atoms with Gasteiger partial charge < -0.3 is 20.1 Å². The topological polar surface area (TPSA) is 87.0 Å². The largest absolute Gasteiger partial charge is 0.462 e. The lowest BCUT2D eigenvalue weighted by Crippen LogP contribution is -2.26. The van der Waals surface area contributed by atoms with Crippen LogP contribution < -0.4 is 0 Å². The number of aliphatic hydroxyl groups is 3. The van der Waals surface area contributed by atoms with Crippen molar-refractivity contribution in [1.82, 2.24) is 0 Å². The normalized spacial score (nSPS) is 30.3. The standard InChI is InChI=1S/C24H42O5/c1-16(13-18(3)22(27)15-20(5)25)14-19(4)23-11-7-6-9-17(2)21(26)10-8-12-24(28)29-23/h6-7,13,17-23,25-27H,8-12,14-15H2,1-5H3/b7-6+,16-13+/t17-,18+,19-,20?,21-,22?,23?/m0/s1. The minimum atomic E-state index is -0.570. The molecule has 5 heteroatoms. The van der Waals surface area contributed by atoms with Gasteiger partial charge in [-0.1, -0.05) is 44.6 Å². The molecule has 3 unspecified atom stereocenters. The van der Waals surface area contributed by atoms with Crippen molar-refractivity contribution in [3.63, 3.8) is 0 Å². The van der Waals surface area contributed by atoms with Crippen LogP contribution >= 0.6 is 0 Å². The summed E-state index contributed by atoms with van der Waals surface area (Å²) in [7, 11) is 0. The molecule has 1 aliphatic heterocycles. The van der Waals surface area contributed by atoms with Gasteiger partial charge in [0.05, 0.1) is 18.3 Å². The van der Waals surface area contributed by atoms with Gasteiger partial charge in [-0.2, -0.15) is 0 Å². The second-order valence-corrected chi connectivity index (χ2v) is 9.11. The molecule has 0 aliphatic carbocycles. The van der Waals surface area contributed by atoms with E-state index >= 15 is 0 Å². The predicted molar refractivity (Wildman–Crippen MR) is 116 cm³/mol. The van der Waals surface area contributed by atoms with E-state index in [1.807, 2.05) is 20.8 Å². The van der Waals surface area contributed by atoms with E-state index in [9.17, 15) is 20.1 Å². The maximum absolute atomic E-state index is 12.3. The molecule has 0 amide bonds. The number of rotatable bonds is 7. The minimum absolute atomic E-state index is 0.0385. The van der Waals surface area contributed by atoms with Crippen LogP contribution in [-0.4, -0.2) is 45.7 Å². The first-order valence-corrected chi connectivity index (χ1v) is 11.2. The fourth-order valence-corrected chi connectivity index (χ4v) is 3.89. The van der Waals surface area contributed by atoms with Crippen molar-refractivity contribution in [2.75, 3.05) is 0 Å². The van der Waals surface area contributed by atoms with E-state index in [2.05, 4.69) is 25.2 Å². The third-order valence-corrected chi connectivity index (χ3v) is 5.88. The quantitative estimate of drug-likeness (QED) is 0.433. The van der Waals surface area contributed by atoms with Crippen LogP contribution in [0.2, 0.25) is 0 Å². The maximum atomic E-state index is 12.3. The number of carbonyl (C=O) groups is 1. The molecule has 0 aromatic heterocycles. The van der Waals surface area contributed by atoms with Gasteiger partial charge in [0.15, 0.2) is 0 Å². The monoisotopic (exact) mass is 410 g/mol. The smallest absolute Gasteiger partial charge is 0.306 e. The van der Waals surface area contributed by atoms with Crippen molar-refractivity contribution in [1.29, 1.82) is 0 Å². The summed E-state index contributed by atoms with van der Waals surface area (Å²) in [6, 6.07) is 0. The van der Waals surface area contributed by atoms with Crippen molar-refractivity contribution >= 4 is 5.97 Å². The van der Waals surface area contributed by atoms with Crippen LogP contribution in [0.15, 0.2) is 23.8 Å². The van der Waals surface area contributed by atoms with Gasteiger partial charge in [-0.3, -0.25) is 4.79 Å². The zero-order chi connectivity index (χ0) is 22.0. The molecule has 0 radical (unpaired) electrons. The lowest BCUT2D eigenvalue weighted by molar-refractivity contribution is -0.151. The van der Waals surface area contributed by atoms with Gasteiger partial charge in [-0.05, 0) is 57.8 Å². The summed E-state index contributed by atoms with van der Waals surface area (Å²) < 4.78 is 5.77. The van der Waals surface area contributed by atoms with Crippen molar-refractivity contribution < 1.29 is 24.9 Å². The average molecular weight is 411 g/mol. The van der Waals surface area contributed by atoms with E-state index in [-0.39, 0.29) is 35.9 Å². The highest BCUT2D eigenvalue weighted by Gasteiger charge is 2.23. The third kappa shape index (κ3) is 10.4. The minimum Gasteiger partial charge on any atom is -0.462 e. The molecule has 168 valence electrons. The van der Waals surface area contributed by atoms with E-state index < -0.39 is 12.2 Å². The van der Waals surface area contributed by atoms with Crippen molar-refractivity contribution in [3.8, 4) is 0 Å². The van der Waals surface area contributed by atoms with E-state index in [0.29, 0.717) is 32.1 Å². The molecule has 0 aromatic carbocycles. The molecule has 1 heterocycles. The average Bonchev–Trinajstić information content (AvgIpc) is 2.61. The summed E-state index contributed by atoms with van der Waals surface area (Å²) >= 11 is 0. The molecular formula is C24H42O5. The number of aliphatic hydroxyl groups excluding tert-OH is 3. The van der Waals surface area contributed by atoms with Gasteiger partial charge in [-0.15, -0.1) is 0 Å². The van der Waals surface area contributed by atoms with Crippen molar-refractivity contribution in [3.05, 3.63) is 23.8 Å². The number of esters is 1. The Balaban J connectivity index is 2.73. The van der Waals surface area contributed by atoms with Gasteiger partial charge >= 0.3 is 5.97 Å². The van der Waals surface area contributed by atoms with Crippen LogP contribution in [0.5, 0.6) is 0 Å². The first-order chi connectivity index (χ1) is 13.6. The SMILES string of the molecule is C/C(=C\[C@@H](C)C(O)CC(C)O)C[C@H](C)C1C/C=C/C[C@H](C)[C@@H](O)CCCC(=O)O1. The Morgan fingerprint density at radius 2 is 1.90 bits per heavy atom. The Morgan fingerprint density at radius 3 is 2.55 bits per heavy atom. The molecule has 3 N–H and O–H groups in total. The van der Waals surface area contributed by atoms with Gasteiger partial charge in [-0.25, -0.2) is 0 Å². The molecule has 0 bridgehead atoms. The van der Waals surface area contributed by atoms with Crippen LogP contribution in [0.1, 0.15) is 79.6 Å². The fraction of sp³-hybridized carbons (Fsp3) is 0.792. The second-order valence-electron chi connectivity index (χ2n) is 9.11. The van der Waals surface area contributed by atoms with Crippen molar-refractivity contribution in [2.24, 2.45) is 17.8 Å². The van der Waals surface area contributed by atoms with Crippen LogP contribution in [0.25, 0.3) is 0 Å². The fourth-order valence-electron chi connectivity index (χ4n) is 3.89. The molecule has 0 aromatic rings. The summed E-state index contributed by atoms with van der Waals surface area (Å²) in [5.41, 5.74) is 1.15. The number of hydrogen-bond acceptors (Lipinski definition) is 5. The molecule has 5 nitrogen and oxygen atoms in total. The first-order valence-electron chi connectivity index (χ1n) is 11.2. The summed E-state index contributed by atoms with van der Waals surface area (Å²) in [4.78, 5) is 12.3. The van der Waals surface area contributed by atoms with E-state index in [4.69, 9.17) is 4.74 Å². The number of carbonyl (C=O) groups excluding carboxylic acids is 1. The second kappa shape index (κ2) is 13.2. The summed E-state index contributed by atoms with van der Waals surface area (Å²) in [6.07, 6.45) is 8.81. The zero-order valence-electron chi connectivity index (χ0n) is 18.9. The number of allylic oxidation sites excluding steroid dienone is 2. The highest BCUT2D eigenvalue weighted by Crippen LogP contribution is 2.24. The highest BCUT2D eigenvalue weighted by molar-refractivity contribution is 5.69. The van der Waals surface area contributed by atoms with Crippen LogP contribution in [0, 0.1) is 17.8 Å². The molecule has 0 saturated carbocycles. The van der Waals surface area contributed by atoms with E-state index in [1.54, 1.807) is 6.92 Å². The summed E-state index contributed by atoms with van der Waals surface area (Å²) in [6.45, 7) is 9.81. The number of ether oxygens (including phenoxy) is 1. The third-order valence-electron chi connectivity index (χ3n) is 5.88. The Labute approximate surface area is 176 Å². The molecular weight excluding hydrogens is 368 g/mol. The van der Waals surface area contributed by atoms with Crippen molar-refractivity contribution in [2.45, 2.75) is 104 Å². The Morgan fingerprint density at radius 1 is 1.24 bits per heavy atom. The van der Waals surface area contributed by atoms with Gasteiger partial charge in [0.1, 0.15) is 6.10 Å². The Kier molecular flexibility index (Phi) is 11.8. The maximum Gasteiger partial charge on any atom is 0.306 e. The Bertz CT molecular complexity index is 539. The highest BCUT2D eigenvalue weighted by atomic mass is 16.5. The predicted octanol–water partition coefficient (Wildman–Crippen LogP) is 4.16. The summed E-state index contributed by atoms with van der Waals surface area (Å²) in [5, 5.41) is 29.7.